The second kappa shape index (κ2) is 7.37. The molecule has 2 N–H and O–H groups in total. The molecule has 6 heteroatoms. The number of nitrogens with zero attached hydrogens (tertiary/aromatic N) is 1. The van der Waals surface area contributed by atoms with E-state index in [4.69, 9.17) is 9.84 Å². The molecule has 1 heterocycles. The number of aromatic nitrogens is 1. The maximum Gasteiger partial charge on any atom is 0.226 e. The molecule has 0 spiro atoms. The minimum Gasteiger partial charge on any atom is -0.396 e. The number of ether oxygens (including phenoxy) is 1. The number of rotatable bonds is 7. The van der Waals surface area contributed by atoms with Crippen molar-refractivity contribution in [3.63, 3.8) is 0 Å². The second-order valence-electron chi connectivity index (χ2n) is 3.77. The van der Waals surface area contributed by atoms with E-state index in [0.717, 1.165) is 10.7 Å². The Bertz CT molecular complexity index is 348. The van der Waals surface area contributed by atoms with Crippen LogP contribution in [0.5, 0.6) is 0 Å². The maximum absolute atomic E-state index is 11.7. The Balaban J connectivity index is 2.41. The van der Waals surface area contributed by atoms with Gasteiger partial charge in [0.15, 0.2) is 0 Å². The number of nitrogens with one attached hydrogen (secondary N) is 1. The van der Waals surface area contributed by atoms with Crippen LogP contribution in [0.15, 0.2) is 5.38 Å². The zero-order valence-corrected chi connectivity index (χ0v) is 10.9. The topological polar surface area (TPSA) is 71.5 Å². The quantitative estimate of drug-likeness (QED) is 0.747. The molecule has 0 aromatic carbocycles. The summed E-state index contributed by atoms with van der Waals surface area (Å²) in [5.74, 6) is -0.0919. The molecule has 1 amide bonds. The van der Waals surface area contributed by atoms with Gasteiger partial charge < -0.3 is 15.2 Å². The number of hydrogen-bond acceptors (Lipinski definition) is 5. The Morgan fingerprint density at radius 2 is 2.47 bits per heavy atom. The van der Waals surface area contributed by atoms with Crippen LogP contribution in [-0.2, 0) is 16.0 Å². The van der Waals surface area contributed by atoms with Crippen molar-refractivity contribution in [2.75, 3.05) is 20.3 Å². The highest BCUT2D eigenvalue weighted by molar-refractivity contribution is 7.09. The highest BCUT2D eigenvalue weighted by Gasteiger charge is 2.13. The highest BCUT2D eigenvalue weighted by atomic mass is 32.1. The van der Waals surface area contributed by atoms with E-state index in [1.54, 1.807) is 7.11 Å². The van der Waals surface area contributed by atoms with Crippen LogP contribution in [0.4, 0.5) is 0 Å². The van der Waals surface area contributed by atoms with Crippen LogP contribution in [0.25, 0.3) is 0 Å². The maximum atomic E-state index is 11.7. The van der Waals surface area contributed by atoms with Gasteiger partial charge in [-0.1, -0.05) is 0 Å². The first-order valence-electron chi connectivity index (χ1n) is 5.46. The smallest absolute Gasteiger partial charge is 0.226 e. The predicted molar refractivity (Wildman–Crippen MR) is 66.1 cm³/mol. The Hall–Kier alpha value is -0.980. The van der Waals surface area contributed by atoms with Crippen LogP contribution in [0.3, 0.4) is 0 Å². The Kier molecular flexibility index (Phi) is 6.10. The van der Waals surface area contributed by atoms with Gasteiger partial charge >= 0.3 is 0 Å². The normalized spacial score (nSPS) is 12.4. The number of aryl methyl sites for hydroxylation is 1. The van der Waals surface area contributed by atoms with Crippen molar-refractivity contribution in [1.29, 1.82) is 0 Å². The van der Waals surface area contributed by atoms with Crippen molar-refractivity contribution in [2.24, 2.45) is 0 Å². The van der Waals surface area contributed by atoms with Crippen molar-refractivity contribution < 1.29 is 14.6 Å². The van der Waals surface area contributed by atoms with E-state index in [1.807, 2.05) is 12.3 Å². The summed E-state index contributed by atoms with van der Waals surface area (Å²) in [4.78, 5) is 15.9. The SMILES string of the molecule is COCC(CCO)NC(=O)Cc1csc(C)n1. The molecule has 96 valence electrons. The van der Waals surface area contributed by atoms with Crippen LogP contribution >= 0.6 is 11.3 Å². The molecule has 17 heavy (non-hydrogen) atoms. The van der Waals surface area contributed by atoms with E-state index in [9.17, 15) is 4.79 Å². The number of carbonyl (C=O) groups excluding carboxylic acids is 1. The van der Waals surface area contributed by atoms with Crippen LogP contribution in [0.2, 0.25) is 0 Å². The lowest BCUT2D eigenvalue weighted by atomic mass is 10.2. The first-order chi connectivity index (χ1) is 8.15. The van der Waals surface area contributed by atoms with Crippen LogP contribution < -0.4 is 5.32 Å². The Labute approximate surface area is 105 Å². The lowest BCUT2D eigenvalue weighted by molar-refractivity contribution is -0.121. The van der Waals surface area contributed by atoms with Gasteiger partial charge in [-0.15, -0.1) is 11.3 Å². The number of carbonyl (C=O) groups is 1. The minimum atomic E-state index is -0.141. The van der Waals surface area contributed by atoms with Crippen molar-refractivity contribution in [3.05, 3.63) is 16.1 Å². The van der Waals surface area contributed by atoms with Crippen molar-refractivity contribution in [1.82, 2.24) is 10.3 Å². The molecular weight excluding hydrogens is 240 g/mol. The molecule has 0 bridgehead atoms. The third-order valence-corrected chi connectivity index (χ3v) is 3.04. The zero-order valence-electron chi connectivity index (χ0n) is 10.1. The van der Waals surface area contributed by atoms with Gasteiger partial charge in [-0.3, -0.25) is 4.79 Å². The molecule has 0 radical (unpaired) electrons. The summed E-state index contributed by atoms with van der Waals surface area (Å²) in [6.45, 7) is 2.35. The number of hydrogen-bond donors (Lipinski definition) is 2. The molecule has 1 atom stereocenters. The van der Waals surface area contributed by atoms with Gasteiger partial charge in [-0.25, -0.2) is 4.98 Å². The summed E-state index contributed by atoms with van der Waals surface area (Å²) in [7, 11) is 1.57. The fraction of sp³-hybridized carbons (Fsp3) is 0.636. The number of methoxy groups -OCH3 is 1. The fourth-order valence-electron chi connectivity index (χ4n) is 1.49. The van der Waals surface area contributed by atoms with Crippen molar-refractivity contribution in [2.45, 2.75) is 25.8 Å². The van der Waals surface area contributed by atoms with Gasteiger partial charge in [0.2, 0.25) is 5.91 Å². The third-order valence-electron chi connectivity index (χ3n) is 2.22. The molecular formula is C11H18N2O3S. The molecule has 1 unspecified atom stereocenters. The van der Waals surface area contributed by atoms with Gasteiger partial charge in [0.1, 0.15) is 0 Å². The van der Waals surface area contributed by atoms with E-state index in [1.165, 1.54) is 11.3 Å². The van der Waals surface area contributed by atoms with Crippen molar-refractivity contribution >= 4 is 17.2 Å². The van der Waals surface area contributed by atoms with Gasteiger partial charge in [0.05, 0.1) is 29.8 Å². The van der Waals surface area contributed by atoms with E-state index in [-0.39, 0.29) is 25.0 Å². The third kappa shape index (κ3) is 5.25. The molecule has 1 aromatic rings. The summed E-state index contributed by atoms with van der Waals surface area (Å²) < 4.78 is 4.97. The van der Waals surface area contributed by atoms with Crippen LogP contribution in [0, 0.1) is 6.92 Å². The molecule has 0 aliphatic rings. The second-order valence-corrected chi connectivity index (χ2v) is 4.83. The summed E-state index contributed by atoms with van der Waals surface area (Å²) in [6, 6.07) is -0.141. The first kappa shape index (κ1) is 14.1. The average Bonchev–Trinajstić information content (AvgIpc) is 2.64. The first-order valence-corrected chi connectivity index (χ1v) is 6.33. The Morgan fingerprint density at radius 1 is 1.71 bits per heavy atom. The predicted octanol–water partition coefficient (Wildman–Crippen LogP) is 0.508. The van der Waals surface area contributed by atoms with E-state index in [2.05, 4.69) is 10.3 Å². The highest BCUT2D eigenvalue weighted by Crippen LogP contribution is 2.08. The van der Waals surface area contributed by atoms with Gasteiger partial charge in [-0.05, 0) is 13.3 Å². The van der Waals surface area contributed by atoms with E-state index in [0.29, 0.717) is 13.0 Å². The molecule has 0 saturated carbocycles. The van der Waals surface area contributed by atoms with Gasteiger partial charge in [0.25, 0.3) is 0 Å². The average molecular weight is 258 g/mol. The molecule has 1 aromatic heterocycles. The summed E-state index contributed by atoms with van der Waals surface area (Å²) in [6.07, 6.45) is 0.770. The molecule has 0 fully saturated rings. The summed E-state index contributed by atoms with van der Waals surface area (Å²) in [5.41, 5.74) is 0.783. The standard InChI is InChI=1S/C11H18N2O3S/c1-8-12-10(7-17-8)5-11(15)13-9(3-4-14)6-16-2/h7,9,14H,3-6H2,1-2H3,(H,13,15). The molecule has 5 nitrogen and oxygen atoms in total. The zero-order chi connectivity index (χ0) is 12.7. The lowest BCUT2D eigenvalue weighted by Crippen LogP contribution is -2.39. The Morgan fingerprint density at radius 3 is 3.00 bits per heavy atom. The molecule has 1 rings (SSSR count). The largest absolute Gasteiger partial charge is 0.396 e. The summed E-state index contributed by atoms with van der Waals surface area (Å²) in [5, 5.41) is 14.5. The van der Waals surface area contributed by atoms with Gasteiger partial charge in [-0.2, -0.15) is 0 Å². The molecule has 0 aliphatic carbocycles. The minimum absolute atomic E-state index is 0.0319. The van der Waals surface area contributed by atoms with E-state index >= 15 is 0 Å². The van der Waals surface area contributed by atoms with Crippen LogP contribution in [-0.4, -0.2) is 42.4 Å². The number of aliphatic hydroxyl groups is 1. The monoisotopic (exact) mass is 258 g/mol. The van der Waals surface area contributed by atoms with E-state index < -0.39 is 0 Å². The van der Waals surface area contributed by atoms with Crippen LogP contribution in [0.1, 0.15) is 17.1 Å². The summed E-state index contributed by atoms with van der Waals surface area (Å²) >= 11 is 1.53. The number of thiazole rings is 1. The molecule has 0 aliphatic heterocycles. The number of aliphatic hydroxyl groups excluding tert-OH is 1. The van der Waals surface area contributed by atoms with Gasteiger partial charge in [0, 0.05) is 19.1 Å². The fourth-order valence-corrected chi connectivity index (χ4v) is 2.10. The van der Waals surface area contributed by atoms with Crippen molar-refractivity contribution in [3.8, 4) is 0 Å². The molecule has 0 saturated heterocycles. The lowest BCUT2D eigenvalue weighted by Gasteiger charge is -2.16. The number of amides is 1.